The molecule has 1 fully saturated rings. The lowest BCUT2D eigenvalue weighted by molar-refractivity contribution is -0.0560. The van der Waals surface area contributed by atoms with Gasteiger partial charge in [-0.25, -0.2) is 0 Å². The summed E-state index contributed by atoms with van der Waals surface area (Å²) in [6.07, 6.45) is 2.68. The number of nitrogens with one attached hydrogen (secondary N) is 1. The third kappa shape index (κ3) is 6.99. The Morgan fingerprint density at radius 1 is 1.31 bits per heavy atom. The molecule has 0 atom stereocenters. The molecule has 0 aromatic heterocycles. The van der Waals surface area contributed by atoms with Crippen LogP contribution >= 0.6 is 0 Å². The van der Waals surface area contributed by atoms with E-state index >= 15 is 0 Å². The average molecular weight is 187 g/mol. The average Bonchev–Trinajstić information content (AvgIpc) is 2.86. The van der Waals surface area contributed by atoms with Crippen LogP contribution in [0.25, 0.3) is 0 Å². The summed E-state index contributed by atoms with van der Waals surface area (Å²) in [5.74, 6) is 0.831. The molecule has 1 aliphatic carbocycles. The van der Waals surface area contributed by atoms with Crippen LogP contribution in [0.3, 0.4) is 0 Å². The maximum absolute atomic E-state index is 5.31. The molecule has 3 heteroatoms. The topological polar surface area (TPSA) is 30.5 Å². The highest BCUT2D eigenvalue weighted by molar-refractivity contribution is 4.71. The van der Waals surface area contributed by atoms with E-state index < -0.39 is 0 Å². The van der Waals surface area contributed by atoms with Gasteiger partial charge >= 0.3 is 0 Å². The quantitative estimate of drug-likeness (QED) is 0.460. The lowest BCUT2D eigenvalue weighted by Crippen LogP contribution is -2.27. The molecular formula is C10H21NO2. The second-order valence-corrected chi connectivity index (χ2v) is 3.95. The summed E-state index contributed by atoms with van der Waals surface area (Å²) < 4.78 is 10.6. The smallest absolute Gasteiger partial charge is 0.146 e. The van der Waals surface area contributed by atoms with Gasteiger partial charge in [-0.15, -0.1) is 0 Å². The molecule has 1 rings (SSSR count). The predicted octanol–water partition coefficient (Wildman–Crippen LogP) is 1.39. The Hall–Kier alpha value is -0.120. The summed E-state index contributed by atoms with van der Waals surface area (Å²) in [5, 5.41) is 3.28. The van der Waals surface area contributed by atoms with E-state index in [1.165, 1.54) is 12.8 Å². The molecule has 0 spiro atoms. The lowest BCUT2D eigenvalue weighted by Gasteiger charge is -2.08. The first-order valence-electron chi connectivity index (χ1n) is 5.18. The van der Waals surface area contributed by atoms with E-state index in [1.54, 1.807) is 0 Å². The standard InChI is InChI=1S/C10H21NO2/c1-9(2)11-5-6-12-8-13-7-10-3-4-10/h9-11H,3-8H2,1-2H3. The molecule has 0 aromatic rings. The van der Waals surface area contributed by atoms with Crippen LogP contribution in [0.1, 0.15) is 26.7 Å². The fourth-order valence-electron chi connectivity index (χ4n) is 1.04. The normalized spacial score (nSPS) is 16.8. The van der Waals surface area contributed by atoms with Gasteiger partial charge in [0.05, 0.1) is 13.2 Å². The van der Waals surface area contributed by atoms with Crippen molar-refractivity contribution in [3.63, 3.8) is 0 Å². The van der Waals surface area contributed by atoms with Crippen molar-refractivity contribution in [1.29, 1.82) is 0 Å². The minimum absolute atomic E-state index is 0.455. The zero-order valence-corrected chi connectivity index (χ0v) is 8.71. The largest absolute Gasteiger partial charge is 0.355 e. The predicted molar refractivity (Wildman–Crippen MR) is 52.6 cm³/mol. The fourth-order valence-corrected chi connectivity index (χ4v) is 1.04. The summed E-state index contributed by atoms with van der Waals surface area (Å²) in [6, 6.07) is 0.538. The summed E-state index contributed by atoms with van der Waals surface area (Å²) in [6.45, 7) is 7.24. The monoisotopic (exact) mass is 187 g/mol. The van der Waals surface area contributed by atoms with Crippen LogP contribution in [0.5, 0.6) is 0 Å². The van der Waals surface area contributed by atoms with E-state index in [0.29, 0.717) is 12.8 Å². The SMILES string of the molecule is CC(C)NCCOCOCC1CC1. The minimum atomic E-state index is 0.455. The van der Waals surface area contributed by atoms with Crippen molar-refractivity contribution in [2.75, 3.05) is 26.6 Å². The molecule has 0 saturated heterocycles. The Labute approximate surface area is 80.8 Å². The van der Waals surface area contributed by atoms with Gasteiger partial charge in [-0.3, -0.25) is 0 Å². The molecule has 0 bridgehead atoms. The van der Waals surface area contributed by atoms with Gasteiger partial charge in [0.15, 0.2) is 0 Å². The molecule has 13 heavy (non-hydrogen) atoms. The van der Waals surface area contributed by atoms with Crippen LogP contribution in [0.2, 0.25) is 0 Å². The van der Waals surface area contributed by atoms with E-state index in [9.17, 15) is 0 Å². The van der Waals surface area contributed by atoms with Crippen molar-refractivity contribution in [2.45, 2.75) is 32.7 Å². The van der Waals surface area contributed by atoms with Gasteiger partial charge in [0.25, 0.3) is 0 Å². The summed E-state index contributed by atoms with van der Waals surface area (Å²) in [5.41, 5.74) is 0. The van der Waals surface area contributed by atoms with Crippen LogP contribution in [0.15, 0.2) is 0 Å². The summed E-state index contributed by atoms with van der Waals surface area (Å²) >= 11 is 0. The molecule has 1 saturated carbocycles. The van der Waals surface area contributed by atoms with Crippen molar-refractivity contribution in [3.8, 4) is 0 Å². The molecule has 1 aliphatic rings. The molecule has 0 amide bonds. The molecule has 0 unspecified atom stereocenters. The number of ether oxygens (including phenoxy) is 2. The van der Waals surface area contributed by atoms with Crippen molar-refractivity contribution in [2.24, 2.45) is 5.92 Å². The number of rotatable bonds is 8. The highest BCUT2D eigenvalue weighted by Crippen LogP contribution is 2.28. The number of hydrogen-bond acceptors (Lipinski definition) is 3. The second-order valence-electron chi connectivity index (χ2n) is 3.95. The summed E-state index contributed by atoms with van der Waals surface area (Å²) in [4.78, 5) is 0. The maximum atomic E-state index is 5.31. The Bertz CT molecular complexity index is 118. The first-order valence-corrected chi connectivity index (χ1v) is 5.18. The van der Waals surface area contributed by atoms with Crippen molar-refractivity contribution in [3.05, 3.63) is 0 Å². The van der Waals surface area contributed by atoms with Crippen LogP contribution in [-0.4, -0.2) is 32.6 Å². The van der Waals surface area contributed by atoms with Gasteiger partial charge in [0.2, 0.25) is 0 Å². The van der Waals surface area contributed by atoms with E-state index in [4.69, 9.17) is 9.47 Å². The van der Waals surface area contributed by atoms with E-state index in [2.05, 4.69) is 19.2 Å². The molecule has 0 aliphatic heterocycles. The van der Waals surface area contributed by atoms with E-state index in [-0.39, 0.29) is 0 Å². The summed E-state index contributed by atoms with van der Waals surface area (Å²) in [7, 11) is 0. The Kier molecular flexibility index (Phi) is 5.35. The third-order valence-electron chi connectivity index (χ3n) is 2.02. The van der Waals surface area contributed by atoms with Crippen LogP contribution < -0.4 is 5.32 Å². The number of hydrogen-bond donors (Lipinski definition) is 1. The van der Waals surface area contributed by atoms with Gasteiger partial charge in [-0.05, 0) is 18.8 Å². The molecule has 0 heterocycles. The van der Waals surface area contributed by atoms with Gasteiger partial charge in [-0.1, -0.05) is 13.8 Å². The molecular weight excluding hydrogens is 166 g/mol. The van der Waals surface area contributed by atoms with Crippen LogP contribution in [-0.2, 0) is 9.47 Å². The van der Waals surface area contributed by atoms with E-state index in [0.717, 1.165) is 25.7 Å². The highest BCUT2D eigenvalue weighted by atomic mass is 16.7. The molecule has 1 N–H and O–H groups in total. The van der Waals surface area contributed by atoms with Crippen molar-refractivity contribution in [1.82, 2.24) is 5.32 Å². The molecule has 78 valence electrons. The first-order chi connectivity index (χ1) is 6.29. The van der Waals surface area contributed by atoms with Gasteiger partial charge in [-0.2, -0.15) is 0 Å². The Morgan fingerprint density at radius 2 is 2.08 bits per heavy atom. The first kappa shape index (κ1) is 11.0. The fraction of sp³-hybridized carbons (Fsp3) is 1.00. The van der Waals surface area contributed by atoms with Gasteiger partial charge in [0.1, 0.15) is 6.79 Å². The van der Waals surface area contributed by atoms with Gasteiger partial charge in [0, 0.05) is 12.6 Å². The molecule has 0 radical (unpaired) electrons. The van der Waals surface area contributed by atoms with Crippen molar-refractivity contribution < 1.29 is 9.47 Å². The van der Waals surface area contributed by atoms with Crippen LogP contribution in [0.4, 0.5) is 0 Å². The van der Waals surface area contributed by atoms with Gasteiger partial charge < -0.3 is 14.8 Å². The van der Waals surface area contributed by atoms with Crippen LogP contribution in [0, 0.1) is 5.92 Å². The lowest BCUT2D eigenvalue weighted by atomic mass is 10.4. The zero-order chi connectivity index (χ0) is 9.52. The highest BCUT2D eigenvalue weighted by Gasteiger charge is 2.20. The molecule has 3 nitrogen and oxygen atoms in total. The van der Waals surface area contributed by atoms with Crippen molar-refractivity contribution >= 4 is 0 Å². The zero-order valence-electron chi connectivity index (χ0n) is 8.71. The molecule has 0 aromatic carbocycles. The second kappa shape index (κ2) is 6.35. The maximum Gasteiger partial charge on any atom is 0.146 e. The van der Waals surface area contributed by atoms with E-state index in [1.807, 2.05) is 0 Å². The Morgan fingerprint density at radius 3 is 2.69 bits per heavy atom. The third-order valence-corrected chi connectivity index (χ3v) is 2.02. The minimum Gasteiger partial charge on any atom is -0.355 e. The Balaban J connectivity index is 1.68.